The van der Waals surface area contributed by atoms with Crippen molar-refractivity contribution in [3.63, 3.8) is 0 Å². The Hall–Kier alpha value is -3.38. The first kappa shape index (κ1) is 21.5. The van der Waals surface area contributed by atoms with Gasteiger partial charge in [-0.25, -0.2) is 0 Å². The number of pyridine rings is 1. The number of rotatable bonds is 6. The van der Waals surface area contributed by atoms with Crippen LogP contribution in [-0.2, 0) is 17.6 Å². The molecule has 33 heavy (non-hydrogen) atoms. The van der Waals surface area contributed by atoms with Crippen molar-refractivity contribution in [2.24, 2.45) is 0 Å². The standard InChI is InChI=1S/C27H28N2O4/c30-25-4-1-13-28-26(25)21-6-5-20-16-22(10-7-19(20)15-21)29-27(31)18-8-11-23(12-9-18)33-17-24-3-2-14-32-24/h1,4-6,8-9,11-13,15,22,24,30H,2-3,7,10,14,16-17H2,(H,29,31)/t22-,24-/m0/s1. The quantitative estimate of drug-likeness (QED) is 0.593. The van der Waals surface area contributed by atoms with Gasteiger partial charge in [-0.05, 0) is 85.7 Å². The van der Waals surface area contributed by atoms with Gasteiger partial charge < -0.3 is 19.9 Å². The Morgan fingerprint density at radius 1 is 1.12 bits per heavy atom. The zero-order valence-corrected chi connectivity index (χ0v) is 18.5. The molecule has 6 heteroatoms. The summed E-state index contributed by atoms with van der Waals surface area (Å²) in [6.07, 6.45) is 6.52. The van der Waals surface area contributed by atoms with Gasteiger partial charge in [-0.1, -0.05) is 12.1 Å². The maximum Gasteiger partial charge on any atom is 0.251 e. The zero-order chi connectivity index (χ0) is 22.6. The third-order valence-electron chi connectivity index (χ3n) is 6.41. The number of aromatic nitrogens is 1. The molecule has 1 fully saturated rings. The number of carbonyl (C=O) groups is 1. The summed E-state index contributed by atoms with van der Waals surface area (Å²) in [5.74, 6) is 0.870. The van der Waals surface area contributed by atoms with Gasteiger partial charge in [0, 0.05) is 30.0 Å². The Morgan fingerprint density at radius 2 is 2.00 bits per heavy atom. The van der Waals surface area contributed by atoms with Crippen LogP contribution >= 0.6 is 0 Å². The first-order valence-electron chi connectivity index (χ1n) is 11.6. The highest BCUT2D eigenvalue weighted by atomic mass is 16.5. The Labute approximate surface area is 193 Å². The lowest BCUT2D eigenvalue weighted by Gasteiger charge is -2.26. The van der Waals surface area contributed by atoms with E-state index in [1.165, 1.54) is 11.1 Å². The molecule has 1 aromatic heterocycles. The molecular formula is C27H28N2O4. The zero-order valence-electron chi connectivity index (χ0n) is 18.5. The number of carbonyl (C=O) groups excluding carboxylic acids is 1. The fourth-order valence-electron chi connectivity index (χ4n) is 4.58. The van der Waals surface area contributed by atoms with Gasteiger partial charge in [0.15, 0.2) is 0 Å². The van der Waals surface area contributed by atoms with Crippen molar-refractivity contribution in [2.75, 3.05) is 13.2 Å². The molecule has 2 atom stereocenters. The molecule has 1 saturated heterocycles. The van der Waals surface area contributed by atoms with E-state index in [0.29, 0.717) is 17.9 Å². The van der Waals surface area contributed by atoms with Gasteiger partial charge in [-0.3, -0.25) is 9.78 Å². The maximum atomic E-state index is 12.8. The van der Waals surface area contributed by atoms with Gasteiger partial charge in [0.25, 0.3) is 5.91 Å². The van der Waals surface area contributed by atoms with Crippen molar-refractivity contribution in [2.45, 2.75) is 44.2 Å². The molecule has 0 unspecified atom stereocenters. The summed E-state index contributed by atoms with van der Waals surface area (Å²) >= 11 is 0. The molecule has 3 aromatic rings. The molecule has 1 aliphatic carbocycles. The molecule has 2 heterocycles. The van der Waals surface area contributed by atoms with E-state index in [4.69, 9.17) is 9.47 Å². The van der Waals surface area contributed by atoms with E-state index in [1.54, 1.807) is 18.3 Å². The number of aryl methyl sites for hydroxylation is 1. The van der Waals surface area contributed by atoms with Gasteiger partial charge in [-0.2, -0.15) is 0 Å². The van der Waals surface area contributed by atoms with E-state index >= 15 is 0 Å². The van der Waals surface area contributed by atoms with Crippen molar-refractivity contribution in [3.8, 4) is 22.8 Å². The lowest BCUT2D eigenvalue weighted by molar-refractivity contribution is 0.0679. The topological polar surface area (TPSA) is 80.7 Å². The molecule has 170 valence electrons. The Bertz CT molecular complexity index is 1120. The molecule has 0 radical (unpaired) electrons. The average molecular weight is 445 g/mol. The Balaban J connectivity index is 1.18. The highest BCUT2D eigenvalue weighted by molar-refractivity contribution is 5.94. The van der Waals surface area contributed by atoms with Crippen molar-refractivity contribution in [1.82, 2.24) is 10.3 Å². The van der Waals surface area contributed by atoms with Crippen molar-refractivity contribution >= 4 is 5.91 Å². The summed E-state index contributed by atoms with van der Waals surface area (Å²) < 4.78 is 11.4. The first-order chi connectivity index (χ1) is 16.2. The van der Waals surface area contributed by atoms with Crippen LogP contribution in [0.4, 0.5) is 0 Å². The van der Waals surface area contributed by atoms with Gasteiger partial charge >= 0.3 is 0 Å². The van der Waals surface area contributed by atoms with Crippen molar-refractivity contribution in [1.29, 1.82) is 0 Å². The summed E-state index contributed by atoms with van der Waals surface area (Å²) in [7, 11) is 0. The second-order valence-corrected chi connectivity index (χ2v) is 8.74. The van der Waals surface area contributed by atoms with E-state index < -0.39 is 0 Å². The summed E-state index contributed by atoms with van der Waals surface area (Å²) in [5.41, 5.74) is 4.61. The second kappa shape index (κ2) is 9.63. The van der Waals surface area contributed by atoms with Crippen LogP contribution in [0.3, 0.4) is 0 Å². The van der Waals surface area contributed by atoms with Crippen molar-refractivity contribution < 1.29 is 19.4 Å². The molecule has 1 amide bonds. The number of hydrogen-bond donors (Lipinski definition) is 2. The van der Waals surface area contributed by atoms with Crippen molar-refractivity contribution in [3.05, 3.63) is 77.5 Å². The highest BCUT2D eigenvalue weighted by Crippen LogP contribution is 2.31. The molecule has 6 nitrogen and oxygen atoms in total. The third-order valence-corrected chi connectivity index (χ3v) is 6.41. The fourth-order valence-corrected chi connectivity index (χ4v) is 4.58. The summed E-state index contributed by atoms with van der Waals surface area (Å²) in [6, 6.07) is 16.9. The van der Waals surface area contributed by atoms with Crippen LogP contribution < -0.4 is 10.1 Å². The van der Waals surface area contributed by atoms with Gasteiger partial charge in [0.1, 0.15) is 23.8 Å². The molecule has 0 saturated carbocycles. The minimum absolute atomic E-state index is 0.0656. The number of fused-ring (bicyclic) bond motifs is 1. The Kier molecular flexibility index (Phi) is 6.26. The summed E-state index contributed by atoms with van der Waals surface area (Å²) in [6.45, 7) is 1.36. The summed E-state index contributed by atoms with van der Waals surface area (Å²) in [5, 5.41) is 13.3. The molecule has 0 bridgehead atoms. The SMILES string of the molecule is O=C(N[C@H]1CCc2cc(-c3ncccc3O)ccc2C1)c1ccc(OC[C@@H]2CCCO2)cc1. The number of nitrogens with zero attached hydrogens (tertiary/aromatic N) is 1. The molecule has 2 aliphatic rings. The minimum atomic E-state index is -0.0656. The van der Waals surface area contributed by atoms with Gasteiger partial charge in [0.05, 0.1) is 6.10 Å². The van der Waals surface area contributed by atoms with E-state index in [-0.39, 0.29) is 23.8 Å². The smallest absolute Gasteiger partial charge is 0.251 e. The number of hydrogen-bond acceptors (Lipinski definition) is 5. The van der Waals surface area contributed by atoms with Crippen LogP contribution in [0, 0.1) is 0 Å². The van der Waals surface area contributed by atoms with Gasteiger partial charge in [0.2, 0.25) is 0 Å². The number of aromatic hydroxyl groups is 1. The van der Waals surface area contributed by atoms with E-state index in [1.807, 2.05) is 30.3 Å². The lowest BCUT2D eigenvalue weighted by atomic mass is 9.86. The largest absolute Gasteiger partial charge is 0.506 e. The number of nitrogens with one attached hydrogen (secondary N) is 1. The summed E-state index contributed by atoms with van der Waals surface area (Å²) in [4.78, 5) is 17.1. The maximum absolute atomic E-state index is 12.8. The van der Waals surface area contributed by atoms with Crippen LogP contribution in [0.15, 0.2) is 60.8 Å². The number of ether oxygens (including phenoxy) is 2. The molecule has 0 spiro atoms. The van der Waals surface area contributed by atoms with Gasteiger partial charge in [-0.15, -0.1) is 0 Å². The lowest BCUT2D eigenvalue weighted by Crippen LogP contribution is -2.38. The van der Waals surface area contributed by atoms with Crippen LogP contribution in [0.25, 0.3) is 11.3 Å². The van der Waals surface area contributed by atoms with Crippen LogP contribution in [0.5, 0.6) is 11.5 Å². The molecule has 5 rings (SSSR count). The van der Waals surface area contributed by atoms with Crippen LogP contribution in [0.2, 0.25) is 0 Å². The first-order valence-corrected chi connectivity index (χ1v) is 11.6. The van der Waals surface area contributed by atoms with Crippen LogP contribution in [-0.4, -0.2) is 41.4 Å². The van der Waals surface area contributed by atoms with Crippen LogP contribution in [0.1, 0.15) is 40.7 Å². The average Bonchev–Trinajstić information content (AvgIpc) is 3.37. The second-order valence-electron chi connectivity index (χ2n) is 8.74. The monoisotopic (exact) mass is 444 g/mol. The molecular weight excluding hydrogens is 416 g/mol. The predicted octanol–water partition coefficient (Wildman–Crippen LogP) is 4.30. The van der Waals surface area contributed by atoms with E-state index in [2.05, 4.69) is 22.4 Å². The highest BCUT2D eigenvalue weighted by Gasteiger charge is 2.22. The number of amides is 1. The molecule has 1 aliphatic heterocycles. The Morgan fingerprint density at radius 3 is 2.79 bits per heavy atom. The normalized spacial score (nSPS) is 19.6. The molecule has 2 N–H and O–H groups in total. The minimum Gasteiger partial charge on any atom is -0.506 e. The fraction of sp³-hybridized carbons (Fsp3) is 0.333. The predicted molar refractivity (Wildman–Crippen MR) is 126 cm³/mol. The van der Waals surface area contributed by atoms with E-state index in [9.17, 15) is 9.90 Å². The third kappa shape index (κ3) is 5.01. The number of benzene rings is 2. The van der Waals surface area contributed by atoms with E-state index in [0.717, 1.165) is 50.0 Å². The molecule has 2 aromatic carbocycles.